The van der Waals surface area contributed by atoms with Crippen LogP contribution in [0.1, 0.15) is 47.6 Å². The summed E-state index contributed by atoms with van der Waals surface area (Å²) in [6.07, 6.45) is 1.53. The number of hydrogen-bond acceptors (Lipinski definition) is 8. The van der Waals surface area contributed by atoms with Crippen LogP contribution >= 0.6 is 35.5 Å². The zero-order valence-electron chi connectivity index (χ0n) is 20.7. The van der Waals surface area contributed by atoms with Gasteiger partial charge in [-0.15, -0.1) is 35.5 Å². The number of imidazole rings is 1. The number of thioether (sulfide) groups is 1. The molecule has 1 aromatic carbocycles. The second kappa shape index (κ2) is 12.9. The standard InChI is InChI=1S/C23H31N5O4S3.ClH/c1-14(2)10-13-33-22-19-20(27-35(31,32)17-8-6-15(3)7-9-17)26-23(30)28(19)18(16(4)34-22)21(29)25-12-5-11-24;/h6-9,14H,5,10-13,24H2,1-4H3,(H,25,29)(H,26,27,30);1H. The third kappa shape index (κ3) is 7.00. The molecule has 198 valence electrons. The Morgan fingerprint density at radius 2 is 1.89 bits per heavy atom. The number of benzene rings is 1. The van der Waals surface area contributed by atoms with Crippen LogP contribution in [0.25, 0.3) is 5.69 Å². The molecule has 0 fully saturated rings. The smallest absolute Gasteiger partial charge is 0.351 e. The largest absolute Gasteiger partial charge is 0.355 e. The van der Waals surface area contributed by atoms with Crippen molar-refractivity contribution < 1.29 is 13.2 Å². The molecule has 1 amide bonds. The van der Waals surface area contributed by atoms with Crippen molar-refractivity contribution in [2.45, 2.75) is 49.6 Å². The first-order valence-electron chi connectivity index (χ1n) is 11.3. The lowest BCUT2D eigenvalue weighted by molar-refractivity contribution is 0.0945. The Kier molecular flexibility index (Phi) is 10.8. The Balaban J connectivity index is 0.00000456. The second-order valence-electron chi connectivity index (χ2n) is 8.57. The van der Waals surface area contributed by atoms with Gasteiger partial charge in [0.2, 0.25) is 0 Å². The van der Waals surface area contributed by atoms with Gasteiger partial charge in [-0.05, 0) is 57.0 Å². The van der Waals surface area contributed by atoms with Gasteiger partial charge >= 0.3 is 5.69 Å². The normalized spacial score (nSPS) is 11.5. The van der Waals surface area contributed by atoms with Crippen LogP contribution in [0, 0.1) is 19.8 Å². The van der Waals surface area contributed by atoms with E-state index in [4.69, 9.17) is 5.73 Å². The van der Waals surface area contributed by atoms with Crippen LogP contribution in [0.15, 0.2) is 38.2 Å². The number of carbonyl (C=O) groups is 1. The number of amides is 1. The topological polar surface area (TPSA) is 136 Å². The van der Waals surface area contributed by atoms with E-state index in [1.807, 2.05) is 6.92 Å². The molecule has 2 heterocycles. The Morgan fingerprint density at radius 3 is 2.50 bits per heavy atom. The Labute approximate surface area is 226 Å². The number of fused-ring (bicyclic) bond motifs is 1. The number of rotatable bonds is 11. The van der Waals surface area contributed by atoms with E-state index >= 15 is 0 Å². The molecule has 0 bridgehead atoms. The van der Waals surface area contributed by atoms with E-state index < -0.39 is 21.6 Å². The van der Waals surface area contributed by atoms with Crippen LogP contribution in [0.4, 0.5) is 5.82 Å². The number of nitrogens with zero attached hydrogens (tertiary/aromatic N) is 2. The van der Waals surface area contributed by atoms with E-state index in [-0.39, 0.29) is 28.8 Å². The van der Waals surface area contributed by atoms with Crippen molar-refractivity contribution in [1.29, 1.82) is 0 Å². The van der Waals surface area contributed by atoms with Gasteiger partial charge in [-0.1, -0.05) is 31.5 Å². The van der Waals surface area contributed by atoms with E-state index in [1.54, 1.807) is 19.1 Å². The molecule has 4 N–H and O–H groups in total. The van der Waals surface area contributed by atoms with E-state index in [0.717, 1.165) is 21.9 Å². The fourth-order valence-corrected chi connectivity index (χ4v) is 7.11. The van der Waals surface area contributed by atoms with Gasteiger partial charge in [0.25, 0.3) is 15.9 Å². The fraction of sp³-hybridized carbons (Fsp3) is 0.435. The summed E-state index contributed by atoms with van der Waals surface area (Å²) in [4.78, 5) is 30.7. The van der Waals surface area contributed by atoms with Crippen LogP contribution in [-0.4, -0.2) is 42.7 Å². The lowest BCUT2D eigenvalue weighted by Crippen LogP contribution is -2.32. The summed E-state index contributed by atoms with van der Waals surface area (Å²) in [5.74, 6) is 0.736. The van der Waals surface area contributed by atoms with Crippen molar-refractivity contribution in [3.63, 3.8) is 0 Å². The molecule has 0 saturated heterocycles. The number of hydrogen-bond donors (Lipinski definition) is 3. The monoisotopic (exact) mass is 573 g/mol. The number of aromatic nitrogens is 2. The number of nitrogens with one attached hydrogen (secondary N) is 2. The molecular formula is C23H32ClN5O4S3. The van der Waals surface area contributed by atoms with E-state index in [9.17, 15) is 18.0 Å². The average Bonchev–Trinajstić information content (AvgIpc) is 3.09. The Morgan fingerprint density at radius 1 is 1.22 bits per heavy atom. The van der Waals surface area contributed by atoms with Crippen LogP contribution in [-0.2, 0) is 10.0 Å². The number of carbonyl (C=O) groups excluding carboxylic acids is 1. The summed E-state index contributed by atoms with van der Waals surface area (Å²) in [7, 11) is -4.00. The van der Waals surface area contributed by atoms with Gasteiger partial charge in [0.05, 0.1) is 9.10 Å². The summed E-state index contributed by atoms with van der Waals surface area (Å²) < 4.78 is 30.6. The highest BCUT2D eigenvalue weighted by Gasteiger charge is 2.30. The SMILES string of the molecule is Cc1ccc(S(=O)(=O)Nc2nc(=O)n3c(C(=O)NCCCN)c(C)sc(SCCC(C)C)c2-3)cc1.Cl. The third-order valence-corrected chi connectivity index (χ3v) is 8.95. The molecule has 9 nitrogen and oxygen atoms in total. The van der Waals surface area contributed by atoms with E-state index in [2.05, 4.69) is 28.9 Å². The number of halogens is 1. The summed E-state index contributed by atoms with van der Waals surface area (Å²) in [6.45, 7) is 8.66. The molecule has 1 aromatic rings. The molecule has 0 atom stereocenters. The molecule has 2 aliphatic heterocycles. The number of sulfonamides is 1. The summed E-state index contributed by atoms with van der Waals surface area (Å²) in [5.41, 5.74) is 6.16. The van der Waals surface area contributed by atoms with Crippen molar-refractivity contribution in [2.24, 2.45) is 11.7 Å². The van der Waals surface area contributed by atoms with Gasteiger partial charge in [-0.25, -0.2) is 17.8 Å². The molecule has 13 heteroatoms. The van der Waals surface area contributed by atoms with Gasteiger partial charge in [0.15, 0.2) is 5.82 Å². The molecule has 0 radical (unpaired) electrons. The predicted molar refractivity (Wildman–Crippen MR) is 149 cm³/mol. The predicted octanol–water partition coefficient (Wildman–Crippen LogP) is 3.79. The molecule has 0 saturated carbocycles. The molecular weight excluding hydrogens is 542 g/mol. The van der Waals surface area contributed by atoms with Gasteiger partial charge in [0, 0.05) is 11.4 Å². The highest BCUT2D eigenvalue weighted by molar-refractivity contribution is 8.01. The summed E-state index contributed by atoms with van der Waals surface area (Å²) in [5, 5.41) is 2.78. The molecule has 0 aliphatic carbocycles. The van der Waals surface area contributed by atoms with Gasteiger partial charge in [0.1, 0.15) is 11.4 Å². The molecule has 0 spiro atoms. The lowest BCUT2D eigenvalue weighted by atomic mass is 10.2. The minimum absolute atomic E-state index is 0. The maximum atomic E-state index is 13.1. The molecule has 36 heavy (non-hydrogen) atoms. The lowest BCUT2D eigenvalue weighted by Gasteiger charge is -2.18. The van der Waals surface area contributed by atoms with Gasteiger partial charge in [-0.3, -0.25) is 9.52 Å². The van der Waals surface area contributed by atoms with Gasteiger partial charge in [-0.2, -0.15) is 4.98 Å². The number of anilines is 1. The van der Waals surface area contributed by atoms with E-state index in [0.29, 0.717) is 36.0 Å². The quantitative estimate of drug-likeness (QED) is 0.234. The van der Waals surface area contributed by atoms with Crippen molar-refractivity contribution >= 4 is 57.3 Å². The second-order valence-corrected chi connectivity index (χ2v) is 12.8. The number of nitrogens with two attached hydrogens (primary N) is 1. The summed E-state index contributed by atoms with van der Waals surface area (Å²) in [6, 6.07) is 6.38. The van der Waals surface area contributed by atoms with Crippen molar-refractivity contribution in [2.75, 3.05) is 23.6 Å². The van der Waals surface area contributed by atoms with Crippen LogP contribution in [0.5, 0.6) is 0 Å². The van der Waals surface area contributed by atoms with Crippen molar-refractivity contribution in [3.8, 4) is 5.69 Å². The minimum Gasteiger partial charge on any atom is -0.351 e. The van der Waals surface area contributed by atoms with Gasteiger partial charge < -0.3 is 11.1 Å². The first-order chi connectivity index (χ1) is 16.5. The zero-order chi connectivity index (χ0) is 25.8. The summed E-state index contributed by atoms with van der Waals surface area (Å²) >= 11 is 2.87. The maximum absolute atomic E-state index is 13.1. The minimum atomic E-state index is -4.00. The highest BCUT2D eigenvalue weighted by Crippen LogP contribution is 2.39. The molecule has 2 aliphatic rings. The zero-order valence-corrected chi connectivity index (χ0v) is 23.9. The number of aryl methyl sites for hydroxylation is 2. The first kappa shape index (κ1) is 30.1. The average molecular weight is 574 g/mol. The maximum Gasteiger partial charge on any atom is 0.355 e. The molecule has 0 unspecified atom stereocenters. The Hall–Kier alpha value is -2.12. The van der Waals surface area contributed by atoms with E-state index in [1.165, 1.54) is 39.8 Å². The van der Waals surface area contributed by atoms with Crippen molar-refractivity contribution in [1.82, 2.24) is 14.9 Å². The van der Waals surface area contributed by atoms with Crippen LogP contribution in [0.2, 0.25) is 0 Å². The van der Waals surface area contributed by atoms with Crippen molar-refractivity contribution in [3.05, 3.63) is 50.9 Å². The highest BCUT2D eigenvalue weighted by atomic mass is 35.5. The fourth-order valence-electron chi connectivity index (χ4n) is 3.30. The Bertz CT molecular complexity index is 1320. The van der Waals surface area contributed by atoms with Crippen LogP contribution < -0.4 is 21.5 Å². The third-order valence-electron chi connectivity index (χ3n) is 5.22. The molecule has 0 aromatic heterocycles. The van der Waals surface area contributed by atoms with Crippen LogP contribution in [0.3, 0.4) is 0 Å². The first-order valence-corrected chi connectivity index (χ1v) is 14.6. The molecule has 3 rings (SSSR count).